The number of unbranched alkanes of at least 4 members (excludes halogenated alkanes) is 12. The van der Waals surface area contributed by atoms with Crippen LogP contribution in [-0.4, -0.2) is 82.3 Å². The van der Waals surface area contributed by atoms with E-state index in [9.17, 15) is 19.5 Å². The van der Waals surface area contributed by atoms with E-state index in [0.717, 1.165) is 122 Å². The van der Waals surface area contributed by atoms with E-state index < -0.39 is 30.3 Å². The van der Waals surface area contributed by atoms with Gasteiger partial charge in [0.2, 0.25) is 0 Å². The minimum atomic E-state index is -1.64. The maximum atomic E-state index is 12.8. The van der Waals surface area contributed by atoms with Crippen LogP contribution in [0.4, 0.5) is 0 Å². The molecule has 0 rings (SSSR count). The molecule has 422 valence electrons. The van der Waals surface area contributed by atoms with E-state index in [1.165, 1.54) is 32.1 Å². The van der Waals surface area contributed by atoms with Gasteiger partial charge in [-0.15, -0.1) is 0 Å². The Hall–Kier alpha value is -4.83. The Morgan fingerprint density at radius 3 is 1.08 bits per heavy atom. The lowest BCUT2D eigenvalue weighted by Gasteiger charge is -2.26. The Kier molecular flexibility index (Phi) is 51.8. The number of carbonyl (C=O) groups is 3. The molecule has 75 heavy (non-hydrogen) atoms. The molecule has 0 aliphatic carbocycles. The van der Waals surface area contributed by atoms with Crippen molar-refractivity contribution in [2.75, 3.05) is 47.5 Å². The normalized spacial score (nSPS) is 13.9. The van der Waals surface area contributed by atoms with Gasteiger partial charge in [-0.1, -0.05) is 211 Å². The molecule has 0 radical (unpaired) electrons. The molecule has 0 aromatic heterocycles. The van der Waals surface area contributed by atoms with Crippen molar-refractivity contribution in [3.63, 3.8) is 0 Å². The molecule has 0 N–H and O–H groups in total. The molecule has 9 nitrogen and oxygen atoms in total. The third-order valence-electron chi connectivity index (χ3n) is 11.6. The second-order valence-electron chi connectivity index (χ2n) is 19.8. The molecule has 0 saturated carbocycles. The Morgan fingerprint density at radius 2 is 0.720 bits per heavy atom. The molecule has 0 saturated heterocycles. The van der Waals surface area contributed by atoms with Crippen LogP contribution < -0.4 is 5.11 Å². The van der Waals surface area contributed by atoms with Crippen molar-refractivity contribution in [3.8, 4) is 0 Å². The summed E-state index contributed by atoms with van der Waals surface area (Å²) in [6.07, 6.45) is 77.7. The van der Waals surface area contributed by atoms with Gasteiger partial charge in [0.05, 0.1) is 40.3 Å². The smallest absolute Gasteiger partial charge is 0.306 e. The van der Waals surface area contributed by atoms with Crippen LogP contribution in [-0.2, 0) is 33.3 Å². The van der Waals surface area contributed by atoms with Crippen LogP contribution in [0.3, 0.4) is 0 Å². The van der Waals surface area contributed by atoms with Crippen molar-refractivity contribution >= 4 is 17.9 Å². The molecule has 2 unspecified atom stereocenters. The van der Waals surface area contributed by atoms with Crippen molar-refractivity contribution < 1.29 is 42.9 Å². The molecule has 0 bridgehead atoms. The summed E-state index contributed by atoms with van der Waals surface area (Å²) in [4.78, 5) is 37.2. The molecule has 0 aliphatic heterocycles. The van der Waals surface area contributed by atoms with Crippen molar-refractivity contribution in [3.05, 3.63) is 146 Å². The van der Waals surface area contributed by atoms with Gasteiger partial charge in [-0.05, 0) is 116 Å². The van der Waals surface area contributed by atoms with E-state index in [1.54, 1.807) is 0 Å². The first-order valence-electron chi connectivity index (χ1n) is 29.0. The van der Waals surface area contributed by atoms with Crippen LogP contribution in [0.25, 0.3) is 0 Å². The number of allylic oxidation sites excluding steroid dienone is 24. The average molecular weight is 1040 g/mol. The Bertz CT molecular complexity index is 1730. The lowest BCUT2D eigenvalue weighted by Crippen LogP contribution is -2.44. The monoisotopic (exact) mass is 1040 g/mol. The number of rotatable bonds is 51. The fourth-order valence-corrected chi connectivity index (χ4v) is 7.19. The van der Waals surface area contributed by atoms with Crippen molar-refractivity contribution in [2.45, 2.75) is 206 Å². The number of nitrogens with zero attached hydrogens (tertiary/aromatic N) is 1. The van der Waals surface area contributed by atoms with Crippen LogP contribution >= 0.6 is 0 Å². The highest BCUT2D eigenvalue weighted by molar-refractivity contribution is 5.70. The largest absolute Gasteiger partial charge is 0.545 e. The van der Waals surface area contributed by atoms with Crippen LogP contribution in [0.2, 0.25) is 0 Å². The van der Waals surface area contributed by atoms with Gasteiger partial charge < -0.3 is 33.3 Å². The number of carboxylic acids is 1. The van der Waals surface area contributed by atoms with Crippen LogP contribution in [0.1, 0.15) is 194 Å². The Balaban J connectivity index is 4.21. The molecule has 0 amide bonds. The zero-order chi connectivity index (χ0) is 54.8. The first-order valence-corrected chi connectivity index (χ1v) is 29.0. The number of hydrogen-bond donors (Lipinski definition) is 0. The number of hydrogen-bond acceptors (Lipinski definition) is 8. The number of esters is 2. The molecular formula is C66H105NO8. The summed E-state index contributed by atoms with van der Waals surface area (Å²) in [6.45, 7) is 4.44. The number of aliphatic carboxylic acids is 1. The number of carboxylic acid groups (broad SMARTS) is 1. The fourth-order valence-electron chi connectivity index (χ4n) is 7.19. The summed E-state index contributed by atoms with van der Waals surface area (Å²) in [7, 11) is 5.89. The van der Waals surface area contributed by atoms with Crippen molar-refractivity contribution in [2.24, 2.45) is 0 Å². The summed E-state index contributed by atoms with van der Waals surface area (Å²) >= 11 is 0. The second-order valence-corrected chi connectivity index (χ2v) is 19.8. The lowest BCUT2D eigenvalue weighted by molar-refractivity contribution is -0.870. The molecule has 0 aromatic rings. The van der Waals surface area contributed by atoms with Crippen LogP contribution in [0.5, 0.6) is 0 Å². The molecule has 9 heteroatoms. The fraction of sp³-hybridized carbons (Fsp3) is 0.591. The van der Waals surface area contributed by atoms with E-state index >= 15 is 0 Å². The van der Waals surface area contributed by atoms with E-state index in [2.05, 4.69) is 160 Å². The molecule has 0 fully saturated rings. The minimum Gasteiger partial charge on any atom is -0.545 e. The zero-order valence-electron chi connectivity index (χ0n) is 47.9. The highest BCUT2D eigenvalue weighted by Crippen LogP contribution is 2.14. The third kappa shape index (κ3) is 56.7. The quantitative estimate of drug-likeness (QED) is 0.0195. The molecule has 2 atom stereocenters. The van der Waals surface area contributed by atoms with Crippen LogP contribution in [0.15, 0.2) is 146 Å². The van der Waals surface area contributed by atoms with Gasteiger partial charge in [-0.2, -0.15) is 0 Å². The van der Waals surface area contributed by atoms with E-state index in [-0.39, 0.29) is 32.7 Å². The SMILES string of the molecule is CC/C=C\C/C=C\C/C=C\C/C=C\C/C=C\C/C=C\C/C=C\C/C=C\C/C=C\CCCCCCCCCCCC(=O)OC(COC(=O)CCCCC/C=C\C/C=C\C/C=C\CC)COC(OCC[N+](C)(C)C)C(=O)[O-]. The number of quaternary nitrogens is 1. The molecule has 0 aromatic carbocycles. The maximum Gasteiger partial charge on any atom is 0.306 e. The highest BCUT2D eigenvalue weighted by atomic mass is 16.7. The summed E-state index contributed by atoms with van der Waals surface area (Å²) in [5.41, 5.74) is 0. The average Bonchev–Trinajstić information content (AvgIpc) is 3.38. The molecular weight excluding hydrogens is 935 g/mol. The lowest BCUT2D eigenvalue weighted by atomic mass is 10.1. The van der Waals surface area contributed by atoms with E-state index in [0.29, 0.717) is 23.9 Å². The van der Waals surface area contributed by atoms with Gasteiger partial charge in [0.1, 0.15) is 13.2 Å². The van der Waals surface area contributed by atoms with Crippen LogP contribution in [0, 0.1) is 0 Å². The van der Waals surface area contributed by atoms with Gasteiger partial charge in [-0.3, -0.25) is 9.59 Å². The first kappa shape index (κ1) is 70.2. The summed E-state index contributed by atoms with van der Waals surface area (Å²) in [5.74, 6) is -2.35. The number of ether oxygens (including phenoxy) is 4. The van der Waals surface area contributed by atoms with Crippen molar-refractivity contribution in [1.29, 1.82) is 0 Å². The van der Waals surface area contributed by atoms with Gasteiger partial charge >= 0.3 is 11.9 Å². The van der Waals surface area contributed by atoms with Gasteiger partial charge in [0, 0.05) is 12.8 Å². The standard InChI is InChI=1S/C66H105NO8/c1-6-8-10-12-14-16-18-20-21-22-23-24-25-26-27-28-29-30-31-32-33-34-35-36-37-38-39-40-41-42-43-45-47-49-51-53-55-57-64(69)75-62(61-74-66(65(70)71)72-59-58-67(3,4)5)60-73-63(68)56-54-52-50-48-46-44-19-17-15-13-11-9-7-2/h8-11,14-17,20-21,23-24,26-27,29-30,32-33,35-36,38-39,44,46,62,66H,6-7,12-13,18-19,22,25,28,31,34,37,40-43,45,47-61H2,1-5H3/b10-8-,11-9-,16-14-,17-15-,21-20-,24-23-,27-26-,30-29-,33-32-,36-35-,39-38-,46-44-. The zero-order valence-corrected chi connectivity index (χ0v) is 47.9. The Labute approximate surface area is 458 Å². The molecule has 0 heterocycles. The molecule has 0 aliphatic rings. The predicted octanol–water partition coefficient (Wildman–Crippen LogP) is 15.9. The van der Waals surface area contributed by atoms with E-state index in [4.69, 9.17) is 18.9 Å². The summed E-state index contributed by atoms with van der Waals surface area (Å²) < 4.78 is 22.6. The van der Waals surface area contributed by atoms with Gasteiger partial charge in [-0.25, -0.2) is 0 Å². The summed E-state index contributed by atoms with van der Waals surface area (Å²) in [6, 6.07) is 0. The summed E-state index contributed by atoms with van der Waals surface area (Å²) in [5, 5.41) is 11.7. The van der Waals surface area contributed by atoms with Crippen molar-refractivity contribution in [1.82, 2.24) is 0 Å². The topological polar surface area (TPSA) is 111 Å². The first-order chi connectivity index (χ1) is 36.6. The van der Waals surface area contributed by atoms with E-state index in [1.807, 2.05) is 21.1 Å². The minimum absolute atomic E-state index is 0.134. The number of likely N-dealkylation sites (N-methyl/N-ethyl adjacent to an activating group) is 1. The Morgan fingerprint density at radius 1 is 0.400 bits per heavy atom. The second kappa shape index (κ2) is 55.4. The highest BCUT2D eigenvalue weighted by Gasteiger charge is 2.22. The van der Waals surface area contributed by atoms with Gasteiger partial charge in [0.15, 0.2) is 12.4 Å². The predicted molar refractivity (Wildman–Crippen MR) is 315 cm³/mol. The maximum absolute atomic E-state index is 12.8. The molecule has 0 spiro atoms. The number of carbonyl (C=O) groups excluding carboxylic acids is 3. The van der Waals surface area contributed by atoms with Gasteiger partial charge in [0.25, 0.3) is 0 Å². The third-order valence-corrected chi connectivity index (χ3v) is 11.6.